The summed E-state index contributed by atoms with van der Waals surface area (Å²) in [6, 6.07) is 0. The minimum absolute atomic E-state index is 0.355. The molecular weight excluding hydrogens is 290 g/mol. The van der Waals surface area contributed by atoms with E-state index in [2.05, 4.69) is 9.98 Å². The zero-order valence-electron chi connectivity index (χ0n) is 12.8. The highest BCUT2D eigenvalue weighted by atomic mass is 16.6. The molecule has 0 saturated carbocycles. The summed E-state index contributed by atoms with van der Waals surface area (Å²) in [6.07, 6.45) is -2.32. The Morgan fingerprint density at radius 2 is 2.05 bits per heavy atom. The molecule has 3 N–H and O–H groups in total. The number of aliphatic hydroxyl groups is 3. The number of anilines is 1. The molecule has 1 aromatic rings. The molecule has 0 aromatic carbocycles. The lowest BCUT2D eigenvalue weighted by atomic mass is 10.1. The number of aliphatic imine (C=N–C) groups is 1. The lowest BCUT2D eigenvalue weighted by Crippen LogP contribution is -2.44. The summed E-state index contributed by atoms with van der Waals surface area (Å²) in [6.45, 7) is 0.256. The second-order valence-corrected chi connectivity index (χ2v) is 5.64. The SMILES string of the molecule is CN=C1c2ncn([C@@H]3O[C@H](CO)[C@@H](O)[C@H]3O)c2N(C)CN1C. The standard InChI is InChI=1S/C13H21N5O4/c1-14-11-8-12(17(3)6-16(11)2)18(5-15-8)13-10(21)9(20)7(4-19)22-13/h5,7,9-10,13,19-21H,4,6H2,1-3H3/t7-,9-,10-,13-/m1/s1. The first-order valence-electron chi connectivity index (χ1n) is 7.08. The van der Waals surface area contributed by atoms with Crippen molar-refractivity contribution >= 4 is 11.7 Å². The predicted molar refractivity (Wildman–Crippen MR) is 78.7 cm³/mol. The van der Waals surface area contributed by atoms with Gasteiger partial charge in [-0.15, -0.1) is 0 Å². The molecule has 0 unspecified atom stereocenters. The van der Waals surface area contributed by atoms with Crippen molar-refractivity contribution in [3.8, 4) is 0 Å². The topological polar surface area (TPSA) is 107 Å². The maximum Gasteiger partial charge on any atom is 0.165 e. The summed E-state index contributed by atoms with van der Waals surface area (Å²) in [7, 11) is 5.53. The first-order chi connectivity index (χ1) is 10.5. The fourth-order valence-electron chi connectivity index (χ4n) is 3.10. The average Bonchev–Trinajstić information content (AvgIpc) is 3.03. The van der Waals surface area contributed by atoms with Crippen LogP contribution in [0.1, 0.15) is 11.9 Å². The molecule has 0 amide bonds. The average molecular weight is 311 g/mol. The van der Waals surface area contributed by atoms with Crippen LogP contribution in [-0.2, 0) is 4.74 Å². The Morgan fingerprint density at radius 3 is 2.64 bits per heavy atom. The van der Waals surface area contributed by atoms with E-state index in [1.165, 1.54) is 0 Å². The molecule has 1 saturated heterocycles. The van der Waals surface area contributed by atoms with E-state index in [1.807, 2.05) is 23.9 Å². The van der Waals surface area contributed by atoms with Gasteiger partial charge in [0.05, 0.1) is 19.6 Å². The van der Waals surface area contributed by atoms with Crippen LogP contribution in [0.4, 0.5) is 5.82 Å². The van der Waals surface area contributed by atoms with Gasteiger partial charge in [0, 0.05) is 21.1 Å². The Labute approximate surface area is 128 Å². The molecule has 3 rings (SSSR count). The van der Waals surface area contributed by atoms with Gasteiger partial charge in [0.25, 0.3) is 0 Å². The first kappa shape index (κ1) is 15.2. The molecule has 4 atom stereocenters. The summed E-state index contributed by atoms with van der Waals surface area (Å²) < 4.78 is 7.26. The number of ether oxygens (including phenoxy) is 1. The first-order valence-corrected chi connectivity index (χ1v) is 7.08. The summed E-state index contributed by atoms with van der Waals surface area (Å²) >= 11 is 0. The van der Waals surface area contributed by atoms with Gasteiger partial charge in [-0.3, -0.25) is 9.56 Å². The minimum Gasteiger partial charge on any atom is -0.394 e. The molecule has 122 valence electrons. The fourth-order valence-corrected chi connectivity index (χ4v) is 3.10. The molecule has 9 nitrogen and oxygen atoms in total. The lowest BCUT2D eigenvalue weighted by Gasteiger charge is -2.35. The quantitative estimate of drug-likeness (QED) is 0.592. The van der Waals surface area contributed by atoms with Crippen molar-refractivity contribution in [3.05, 3.63) is 12.0 Å². The van der Waals surface area contributed by atoms with Gasteiger partial charge in [0.2, 0.25) is 0 Å². The van der Waals surface area contributed by atoms with Gasteiger partial charge < -0.3 is 29.9 Å². The monoisotopic (exact) mass is 311 g/mol. The Morgan fingerprint density at radius 1 is 1.32 bits per heavy atom. The van der Waals surface area contributed by atoms with Crippen molar-refractivity contribution < 1.29 is 20.1 Å². The van der Waals surface area contributed by atoms with Crippen molar-refractivity contribution in [2.75, 3.05) is 39.3 Å². The van der Waals surface area contributed by atoms with Crippen LogP contribution >= 0.6 is 0 Å². The molecule has 0 aliphatic carbocycles. The Hall–Kier alpha value is -1.68. The van der Waals surface area contributed by atoms with E-state index >= 15 is 0 Å². The zero-order valence-corrected chi connectivity index (χ0v) is 12.8. The van der Waals surface area contributed by atoms with Gasteiger partial charge in [-0.2, -0.15) is 0 Å². The molecule has 1 aromatic heterocycles. The lowest BCUT2D eigenvalue weighted by molar-refractivity contribution is -0.0522. The number of aromatic nitrogens is 2. The predicted octanol–water partition coefficient (Wildman–Crippen LogP) is -1.79. The number of hydrogen-bond acceptors (Lipinski definition) is 7. The largest absolute Gasteiger partial charge is 0.394 e. The second-order valence-electron chi connectivity index (χ2n) is 5.64. The van der Waals surface area contributed by atoms with Gasteiger partial charge in [-0.1, -0.05) is 0 Å². The van der Waals surface area contributed by atoms with Crippen LogP contribution in [0, 0.1) is 0 Å². The van der Waals surface area contributed by atoms with E-state index < -0.39 is 24.5 Å². The summed E-state index contributed by atoms with van der Waals surface area (Å²) in [5, 5.41) is 29.3. The number of amidine groups is 1. The molecule has 2 aliphatic rings. The van der Waals surface area contributed by atoms with Gasteiger partial charge in [-0.25, -0.2) is 4.98 Å². The van der Waals surface area contributed by atoms with E-state index in [0.29, 0.717) is 12.4 Å². The van der Waals surface area contributed by atoms with Gasteiger partial charge in [-0.05, 0) is 0 Å². The molecule has 0 radical (unpaired) electrons. The number of fused-ring (bicyclic) bond motifs is 1. The highest BCUT2D eigenvalue weighted by Gasteiger charge is 2.45. The molecule has 22 heavy (non-hydrogen) atoms. The third-order valence-electron chi connectivity index (χ3n) is 4.13. The number of hydrogen-bond donors (Lipinski definition) is 3. The van der Waals surface area contributed by atoms with Crippen molar-refractivity contribution in [1.82, 2.24) is 14.5 Å². The smallest absolute Gasteiger partial charge is 0.165 e. The van der Waals surface area contributed by atoms with Crippen molar-refractivity contribution in [2.24, 2.45) is 4.99 Å². The fraction of sp³-hybridized carbons (Fsp3) is 0.692. The third kappa shape index (κ3) is 2.09. The van der Waals surface area contributed by atoms with Crippen LogP contribution in [0.3, 0.4) is 0 Å². The van der Waals surface area contributed by atoms with Gasteiger partial charge in [0.1, 0.15) is 29.8 Å². The second kappa shape index (κ2) is 5.51. The highest BCUT2D eigenvalue weighted by Crippen LogP contribution is 2.35. The number of rotatable bonds is 2. The molecule has 2 aliphatic heterocycles. The van der Waals surface area contributed by atoms with Crippen molar-refractivity contribution in [3.63, 3.8) is 0 Å². The van der Waals surface area contributed by atoms with Crippen molar-refractivity contribution in [1.29, 1.82) is 0 Å². The van der Waals surface area contributed by atoms with E-state index in [9.17, 15) is 15.3 Å². The summed E-state index contributed by atoms with van der Waals surface area (Å²) in [4.78, 5) is 12.6. The maximum atomic E-state index is 10.2. The van der Waals surface area contributed by atoms with Crippen LogP contribution in [0.2, 0.25) is 0 Å². The molecular formula is C13H21N5O4. The van der Waals surface area contributed by atoms with Gasteiger partial charge >= 0.3 is 0 Å². The van der Waals surface area contributed by atoms with Crippen LogP contribution in [-0.4, -0.2) is 88.3 Å². The van der Waals surface area contributed by atoms with E-state index in [-0.39, 0.29) is 6.61 Å². The normalized spacial score (nSPS) is 33.6. The van der Waals surface area contributed by atoms with E-state index in [0.717, 1.165) is 11.7 Å². The van der Waals surface area contributed by atoms with E-state index in [1.54, 1.807) is 17.9 Å². The van der Waals surface area contributed by atoms with Crippen LogP contribution in [0.5, 0.6) is 0 Å². The molecule has 9 heteroatoms. The molecule has 0 bridgehead atoms. The van der Waals surface area contributed by atoms with E-state index in [4.69, 9.17) is 4.74 Å². The van der Waals surface area contributed by atoms with Crippen LogP contribution in [0.25, 0.3) is 0 Å². The number of aliphatic hydroxyl groups excluding tert-OH is 3. The van der Waals surface area contributed by atoms with Crippen molar-refractivity contribution in [2.45, 2.75) is 24.5 Å². The Bertz CT molecular complexity index is 589. The summed E-state index contributed by atoms with van der Waals surface area (Å²) in [5.74, 6) is 1.51. The highest BCUT2D eigenvalue weighted by molar-refractivity contribution is 6.02. The molecule has 3 heterocycles. The number of nitrogens with zero attached hydrogens (tertiary/aromatic N) is 5. The number of imidazole rings is 1. The third-order valence-corrected chi connectivity index (χ3v) is 4.13. The Balaban J connectivity index is 2.01. The minimum atomic E-state index is -1.14. The van der Waals surface area contributed by atoms with Gasteiger partial charge in [0.15, 0.2) is 12.1 Å². The molecule has 1 fully saturated rings. The zero-order chi connectivity index (χ0) is 16.0. The molecule has 0 spiro atoms. The Kier molecular flexibility index (Phi) is 3.81. The summed E-state index contributed by atoms with van der Waals surface area (Å²) in [5.41, 5.74) is 0.691. The van der Waals surface area contributed by atoms with Crippen LogP contribution < -0.4 is 4.90 Å². The van der Waals surface area contributed by atoms with Crippen LogP contribution in [0.15, 0.2) is 11.3 Å². The maximum absolute atomic E-state index is 10.2.